The molecule has 3 aromatic carbocycles. The number of aryl methyl sites for hydroxylation is 1. The lowest BCUT2D eigenvalue weighted by Gasteiger charge is -2.21. The topological polar surface area (TPSA) is 81.3 Å². The van der Waals surface area contributed by atoms with Gasteiger partial charge < -0.3 is 5.32 Å². The van der Waals surface area contributed by atoms with Crippen LogP contribution >= 0.6 is 0 Å². The third-order valence-corrected chi connectivity index (χ3v) is 6.97. The minimum absolute atomic E-state index is 0.151. The Kier molecular flexibility index (Phi) is 6.54. The molecule has 0 radical (unpaired) electrons. The molecule has 196 valence electrons. The Bertz CT molecular complexity index is 1940. The van der Waals surface area contributed by atoms with E-state index < -0.39 is 6.04 Å². The largest absolute Gasteiger partial charge is 0.344 e. The van der Waals surface area contributed by atoms with Crippen molar-refractivity contribution in [2.24, 2.45) is 0 Å². The number of hydrogen-bond acceptors (Lipinski definition) is 4. The second kappa shape index (κ2) is 10.5. The van der Waals surface area contributed by atoms with E-state index in [0.29, 0.717) is 28.0 Å². The van der Waals surface area contributed by atoms with Gasteiger partial charge in [0.1, 0.15) is 5.56 Å². The van der Waals surface area contributed by atoms with Crippen molar-refractivity contribution in [2.75, 3.05) is 0 Å². The predicted octanol–water partition coefficient (Wildman–Crippen LogP) is 6.00. The van der Waals surface area contributed by atoms with E-state index in [1.54, 1.807) is 34.5 Å². The molecule has 7 nitrogen and oxygen atoms in total. The molecule has 0 saturated carbocycles. The molecule has 40 heavy (non-hydrogen) atoms. The first kappa shape index (κ1) is 25.0. The molecule has 0 aliphatic carbocycles. The highest BCUT2D eigenvalue weighted by Crippen LogP contribution is 2.25. The lowest BCUT2D eigenvalue weighted by Crippen LogP contribution is -2.32. The molecule has 1 unspecified atom stereocenters. The Morgan fingerprint density at radius 2 is 1.68 bits per heavy atom. The predicted molar refractivity (Wildman–Crippen MR) is 159 cm³/mol. The Labute approximate surface area is 231 Å². The van der Waals surface area contributed by atoms with Crippen molar-refractivity contribution in [2.45, 2.75) is 19.9 Å². The maximum atomic E-state index is 14.2. The first-order valence-electron chi connectivity index (χ1n) is 13.1. The normalized spacial score (nSPS) is 12.2. The second-order valence-electron chi connectivity index (χ2n) is 9.64. The van der Waals surface area contributed by atoms with Crippen LogP contribution in [0.25, 0.3) is 34.3 Å². The summed E-state index contributed by atoms with van der Waals surface area (Å²) in [4.78, 5) is 32.1. The smallest absolute Gasteiger partial charge is 0.263 e. The summed E-state index contributed by atoms with van der Waals surface area (Å²) in [6.45, 7) is 3.67. The van der Waals surface area contributed by atoms with Gasteiger partial charge in [-0.3, -0.25) is 14.2 Å². The van der Waals surface area contributed by atoms with E-state index in [1.165, 1.54) is 0 Å². The number of fused-ring (bicyclic) bond motifs is 2. The zero-order valence-electron chi connectivity index (χ0n) is 22.2. The summed E-state index contributed by atoms with van der Waals surface area (Å²) in [5.41, 5.74) is 4.60. The molecule has 3 heterocycles. The molecular weight excluding hydrogens is 498 g/mol. The van der Waals surface area contributed by atoms with Crippen LogP contribution in [0.5, 0.6) is 0 Å². The summed E-state index contributed by atoms with van der Waals surface area (Å²) < 4.78 is 3.28. The van der Waals surface area contributed by atoms with Crippen molar-refractivity contribution in [3.05, 3.63) is 142 Å². The number of hydrogen-bond donors (Lipinski definition) is 1. The van der Waals surface area contributed by atoms with Gasteiger partial charge in [-0.15, -0.1) is 0 Å². The minimum atomic E-state index is -0.494. The molecule has 0 aliphatic heterocycles. The zero-order valence-corrected chi connectivity index (χ0v) is 22.2. The molecule has 1 atom stereocenters. The van der Waals surface area contributed by atoms with Crippen LogP contribution in [0.1, 0.15) is 45.8 Å². The third kappa shape index (κ3) is 4.58. The third-order valence-electron chi connectivity index (χ3n) is 6.97. The lowest BCUT2D eigenvalue weighted by molar-refractivity contribution is 0.0939. The quantitative estimate of drug-likeness (QED) is 0.270. The van der Waals surface area contributed by atoms with Gasteiger partial charge in [0.2, 0.25) is 0 Å². The van der Waals surface area contributed by atoms with E-state index in [4.69, 9.17) is 0 Å². The molecule has 0 spiro atoms. The molecule has 0 saturated heterocycles. The van der Waals surface area contributed by atoms with Crippen molar-refractivity contribution in [1.82, 2.24) is 24.5 Å². The van der Waals surface area contributed by atoms with Crippen LogP contribution in [0.2, 0.25) is 0 Å². The maximum absolute atomic E-state index is 14.2. The fourth-order valence-corrected chi connectivity index (χ4v) is 5.07. The SMILES string of the molecule is Cc1nn2cccnc2c1C(=O)NC(C)c1cc2cccc(/C=C/c3ccccc3)c2c(=O)n1-c1ccccc1. The van der Waals surface area contributed by atoms with Gasteiger partial charge in [0.15, 0.2) is 5.65 Å². The molecule has 0 bridgehead atoms. The molecule has 0 fully saturated rings. The highest BCUT2D eigenvalue weighted by Gasteiger charge is 2.23. The summed E-state index contributed by atoms with van der Waals surface area (Å²) in [5, 5.41) is 8.92. The zero-order chi connectivity index (χ0) is 27.6. The summed E-state index contributed by atoms with van der Waals surface area (Å²) >= 11 is 0. The lowest BCUT2D eigenvalue weighted by atomic mass is 10.0. The minimum Gasteiger partial charge on any atom is -0.344 e. The number of amides is 1. The van der Waals surface area contributed by atoms with E-state index in [9.17, 15) is 9.59 Å². The number of aromatic nitrogens is 4. The van der Waals surface area contributed by atoms with Gasteiger partial charge in [0, 0.05) is 23.8 Å². The van der Waals surface area contributed by atoms with Gasteiger partial charge in [0.05, 0.1) is 17.1 Å². The first-order chi connectivity index (χ1) is 19.5. The molecule has 3 aromatic heterocycles. The van der Waals surface area contributed by atoms with Crippen molar-refractivity contribution in [3.8, 4) is 5.69 Å². The van der Waals surface area contributed by atoms with Crippen LogP contribution in [0.3, 0.4) is 0 Å². The number of nitrogens with one attached hydrogen (secondary N) is 1. The first-order valence-corrected chi connectivity index (χ1v) is 13.1. The number of benzene rings is 3. The van der Waals surface area contributed by atoms with Gasteiger partial charge in [0.25, 0.3) is 11.5 Å². The average molecular weight is 526 g/mol. The van der Waals surface area contributed by atoms with Crippen LogP contribution < -0.4 is 10.9 Å². The molecule has 6 rings (SSSR count). The molecule has 1 N–H and O–H groups in total. The Hall–Kier alpha value is -5.30. The number of nitrogens with zero attached hydrogens (tertiary/aromatic N) is 4. The van der Waals surface area contributed by atoms with Gasteiger partial charge in [-0.2, -0.15) is 5.10 Å². The summed E-state index contributed by atoms with van der Waals surface area (Å²) in [6.07, 6.45) is 7.37. The highest BCUT2D eigenvalue weighted by molar-refractivity contribution is 6.01. The van der Waals surface area contributed by atoms with Gasteiger partial charge in [-0.25, -0.2) is 9.50 Å². The second-order valence-corrected chi connectivity index (χ2v) is 9.64. The number of para-hydroxylation sites is 1. The monoisotopic (exact) mass is 525 g/mol. The Morgan fingerprint density at radius 3 is 2.45 bits per heavy atom. The standard InChI is InChI=1S/C33H27N5O2/c1-22(35-32(39)29-23(2)36-37-20-10-19-34-31(29)37)28-21-26-14-9-13-25(18-17-24-11-5-3-6-12-24)30(26)33(40)38(28)27-15-7-4-8-16-27/h3-22H,1-2H3,(H,35,39)/b18-17+. The summed E-state index contributed by atoms with van der Waals surface area (Å²) in [5.74, 6) is -0.301. The average Bonchev–Trinajstić information content (AvgIpc) is 3.32. The molecule has 7 heteroatoms. The fourth-order valence-electron chi connectivity index (χ4n) is 5.07. The number of carbonyl (C=O) groups excluding carboxylic acids is 1. The van der Waals surface area contributed by atoms with Crippen LogP contribution in [0, 0.1) is 6.92 Å². The summed E-state index contributed by atoms with van der Waals surface area (Å²) in [6, 6.07) is 28.6. The van der Waals surface area contributed by atoms with Crippen molar-refractivity contribution in [3.63, 3.8) is 0 Å². The molecular formula is C33H27N5O2. The van der Waals surface area contributed by atoms with E-state index in [2.05, 4.69) is 15.4 Å². The van der Waals surface area contributed by atoms with E-state index >= 15 is 0 Å². The van der Waals surface area contributed by atoms with Gasteiger partial charge >= 0.3 is 0 Å². The summed E-state index contributed by atoms with van der Waals surface area (Å²) in [7, 11) is 0. The highest BCUT2D eigenvalue weighted by atomic mass is 16.2. The fraction of sp³-hybridized carbons (Fsp3) is 0.0909. The van der Waals surface area contributed by atoms with Crippen LogP contribution in [-0.4, -0.2) is 25.1 Å². The molecule has 1 amide bonds. The van der Waals surface area contributed by atoms with Gasteiger partial charge in [-0.1, -0.05) is 78.9 Å². The van der Waals surface area contributed by atoms with Crippen LogP contribution in [0.15, 0.2) is 108 Å². The Balaban J connectivity index is 1.47. The van der Waals surface area contributed by atoms with Crippen molar-refractivity contribution in [1.29, 1.82) is 0 Å². The molecule has 0 aliphatic rings. The molecule has 6 aromatic rings. The van der Waals surface area contributed by atoms with E-state index in [-0.39, 0.29) is 11.5 Å². The number of rotatable bonds is 6. The van der Waals surface area contributed by atoms with Crippen LogP contribution in [-0.2, 0) is 0 Å². The van der Waals surface area contributed by atoms with Crippen molar-refractivity contribution >= 4 is 34.5 Å². The van der Waals surface area contributed by atoms with Crippen molar-refractivity contribution < 1.29 is 4.79 Å². The van der Waals surface area contributed by atoms with E-state index in [0.717, 1.165) is 22.2 Å². The van der Waals surface area contributed by atoms with Gasteiger partial charge in [-0.05, 0) is 54.6 Å². The maximum Gasteiger partial charge on any atom is 0.263 e. The Morgan fingerprint density at radius 1 is 0.925 bits per heavy atom. The van der Waals surface area contributed by atoms with E-state index in [1.807, 2.05) is 104 Å². The number of pyridine rings is 1. The number of carbonyl (C=O) groups is 1. The van der Waals surface area contributed by atoms with Crippen LogP contribution in [0.4, 0.5) is 0 Å².